The van der Waals surface area contributed by atoms with Crippen LogP contribution in [-0.4, -0.2) is 62.7 Å². The summed E-state index contributed by atoms with van der Waals surface area (Å²) in [6, 6.07) is 9.88. The van der Waals surface area contributed by atoms with Crippen LogP contribution in [0.4, 0.5) is 5.69 Å². The third-order valence-electron chi connectivity index (χ3n) is 7.59. The first kappa shape index (κ1) is 28.2. The molecule has 1 aromatic carbocycles. The van der Waals surface area contributed by atoms with Gasteiger partial charge in [-0.05, 0) is 51.4 Å². The topological polar surface area (TPSA) is 110 Å². The van der Waals surface area contributed by atoms with Crippen LogP contribution in [0.3, 0.4) is 0 Å². The van der Waals surface area contributed by atoms with Gasteiger partial charge < -0.3 is 24.1 Å². The maximum absolute atomic E-state index is 12.6. The first-order chi connectivity index (χ1) is 18.8. The van der Waals surface area contributed by atoms with Crippen LogP contribution in [0.25, 0.3) is 0 Å². The molecule has 0 aliphatic carbocycles. The molecule has 4 rings (SSSR count). The molecule has 1 saturated heterocycles. The van der Waals surface area contributed by atoms with E-state index >= 15 is 0 Å². The van der Waals surface area contributed by atoms with E-state index in [0.717, 1.165) is 63.4 Å². The highest BCUT2D eigenvalue weighted by molar-refractivity contribution is 5.92. The minimum absolute atomic E-state index is 0.0593. The van der Waals surface area contributed by atoms with Crippen molar-refractivity contribution in [2.75, 3.05) is 51.8 Å². The first-order valence-electron chi connectivity index (χ1n) is 13.4. The number of carbonyl (C=O) groups excluding carboxylic acids is 1. The molecule has 10 nitrogen and oxygen atoms in total. The molecule has 0 saturated carbocycles. The van der Waals surface area contributed by atoms with Crippen LogP contribution in [0.15, 0.2) is 63.7 Å². The third-order valence-corrected chi connectivity index (χ3v) is 7.59. The summed E-state index contributed by atoms with van der Waals surface area (Å²) in [5.74, 6) is 0.151. The van der Waals surface area contributed by atoms with Crippen molar-refractivity contribution in [3.63, 3.8) is 0 Å². The Balaban J connectivity index is 1.32. The van der Waals surface area contributed by atoms with Gasteiger partial charge in [0.15, 0.2) is 0 Å². The molecule has 2 aromatic rings. The van der Waals surface area contributed by atoms with E-state index in [1.807, 2.05) is 18.2 Å². The summed E-state index contributed by atoms with van der Waals surface area (Å²) in [5.41, 5.74) is 2.93. The lowest BCUT2D eigenvalue weighted by molar-refractivity contribution is -0.431. The van der Waals surface area contributed by atoms with Gasteiger partial charge in [0, 0.05) is 43.9 Å². The van der Waals surface area contributed by atoms with Crippen molar-refractivity contribution in [2.24, 2.45) is 0 Å². The van der Waals surface area contributed by atoms with Gasteiger partial charge in [-0.2, -0.15) is 0 Å². The quantitative estimate of drug-likeness (QED) is 0.192. The van der Waals surface area contributed by atoms with Crippen LogP contribution >= 0.6 is 0 Å². The number of hydrogen-bond donors (Lipinski definition) is 1. The molecule has 39 heavy (non-hydrogen) atoms. The van der Waals surface area contributed by atoms with E-state index in [-0.39, 0.29) is 11.3 Å². The normalized spacial score (nSPS) is 18.3. The van der Waals surface area contributed by atoms with E-state index in [4.69, 9.17) is 13.9 Å². The number of nitro groups is 1. The van der Waals surface area contributed by atoms with Gasteiger partial charge in [0.25, 0.3) is 5.70 Å². The van der Waals surface area contributed by atoms with Gasteiger partial charge in [-0.1, -0.05) is 18.6 Å². The van der Waals surface area contributed by atoms with Crippen molar-refractivity contribution in [2.45, 2.75) is 45.4 Å². The number of ether oxygens (including phenoxy) is 2. The lowest BCUT2D eigenvalue weighted by Crippen LogP contribution is -2.46. The standard InChI is InChI=1S/C29H38N4O6/c1-20-26(29(34)38-4)27(28(33(35)36)21(2)30-20)22-13-19-39-24(22)11-6-5-9-14-31-15-17-32(18-16-31)23-10-7-8-12-25(23)37-3/h7-8,10,12-13,19,27,30H,5-6,9,11,14-18H2,1-4H3. The predicted molar refractivity (Wildman–Crippen MR) is 148 cm³/mol. The molecule has 0 radical (unpaired) electrons. The predicted octanol–water partition coefficient (Wildman–Crippen LogP) is 4.47. The van der Waals surface area contributed by atoms with Gasteiger partial charge in [0.2, 0.25) is 0 Å². The Labute approximate surface area is 229 Å². The highest BCUT2D eigenvalue weighted by Crippen LogP contribution is 2.41. The van der Waals surface area contributed by atoms with Crippen LogP contribution in [0.2, 0.25) is 0 Å². The monoisotopic (exact) mass is 538 g/mol. The number of furan rings is 1. The fraction of sp³-hybridized carbons (Fsp3) is 0.483. The van der Waals surface area contributed by atoms with Crippen molar-refractivity contribution < 1.29 is 23.6 Å². The van der Waals surface area contributed by atoms with Gasteiger partial charge >= 0.3 is 5.97 Å². The summed E-state index contributed by atoms with van der Waals surface area (Å²) in [6.45, 7) is 8.36. The molecule has 10 heteroatoms. The van der Waals surface area contributed by atoms with Crippen LogP contribution in [0.5, 0.6) is 5.75 Å². The molecule has 1 unspecified atom stereocenters. The first-order valence-corrected chi connectivity index (χ1v) is 13.4. The van der Waals surface area contributed by atoms with Crippen molar-refractivity contribution in [1.82, 2.24) is 10.2 Å². The zero-order valence-corrected chi connectivity index (χ0v) is 23.2. The van der Waals surface area contributed by atoms with E-state index in [1.165, 1.54) is 7.11 Å². The number of benzene rings is 1. The number of unbranched alkanes of at least 4 members (excludes halogenated alkanes) is 2. The number of carbonyl (C=O) groups is 1. The number of piperazine rings is 1. The van der Waals surface area contributed by atoms with E-state index in [0.29, 0.717) is 29.1 Å². The number of aryl methyl sites for hydroxylation is 1. The highest BCUT2D eigenvalue weighted by Gasteiger charge is 2.42. The minimum atomic E-state index is -0.845. The number of allylic oxidation sites excluding steroid dienone is 3. The molecule has 0 bridgehead atoms. The number of rotatable bonds is 11. The number of para-hydroxylation sites is 2. The molecule has 0 amide bonds. The summed E-state index contributed by atoms with van der Waals surface area (Å²) in [6.07, 6.45) is 5.15. The molecule has 0 spiro atoms. The highest BCUT2D eigenvalue weighted by atomic mass is 16.6. The van der Waals surface area contributed by atoms with E-state index in [2.05, 4.69) is 21.2 Å². The number of nitrogens with zero attached hydrogens (tertiary/aromatic N) is 3. The molecule has 3 heterocycles. The van der Waals surface area contributed by atoms with Crippen molar-refractivity contribution in [3.8, 4) is 5.75 Å². The molecule has 210 valence electrons. The van der Waals surface area contributed by atoms with Crippen molar-refractivity contribution >= 4 is 11.7 Å². The number of nitrogens with one attached hydrogen (secondary N) is 1. The van der Waals surface area contributed by atoms with E-state index in [9.17, 15) is 14.9 Å². The Bertz CT molecular complexity index is 1240. The van der Waals surface area contributed by atoms with Crippen molar-refractivity contribution in [3.05, 3.63) is 80.7 Å². The number of anilines is 1. The largest absolute Gasteiger partial charge is 0.495 e. The Morgan fingerprint density at radius 2 is 1.82 bits per heavy atom. The average molecular weight is 539 g/mol. The second-order valence-electron chi connectivity index (χ2n) is 9.97. The van der Waals surface area contributed by atoms with Gasteiger partial charge in [-0.15, -0.1) is 0 Å². The Morgan fingerprint density at radius 1 is 1.08 bits per heavy atom. The fourth-order valence-corrected chi connectivity index (χ4v) is 5.62. The summed E-state index contributed by atoms with van der Waals surface area (Å²) in [5, 5.41) is 15.0. The Hall–Kier alpha value is -3.79. The summed E-state index contributed by atoms with van der Waals surface area (Å²) >= 11 is 0. The lowest BCUT2D eigenvalue weighted by atomic mass is 9.83. The van der Waals surface area contributed by atoms with E-state index < -0.39 is 16.8 Å². The van der Waals surface area contributed by atoms with Gasteiger partial charge in [0.05, 0.1) is 42.4 Å². The smallest absolute Gasteiger partial charge is 0.336 e. The molecular formula is C29H38N4O6. The zero-order valence-electron chi connectivity index (χ0n) is 23.2. The molecule has 2 aliphatic heterocycles. The van der Waals surface area contributed by atoms with Gasteiger partial charge in [0.1, 0.15) is 17.4 Å². The molecule has 1 aromatic heterocycles. The molecule has 2 aliphatic rings. The van der Waals surface area contributed by atoms with Gasteiger partial charge in [-0.3, -0.25) is 15.0 Å². The SMILES string of the molecule is COC(=O)C1=C(C)NC(C)=C([N+](=O)[O-])C1c1ccoc1CCCCCN1CCN(c2ccccc2OC)CC1. The zero-order chi connectivity index (χ0) is 27.9. The molecule has 1 N–H and O–H groups in total. The fourth-order valence-electron chi connectivity index (χ4n) is 5.62. The Kier molecular flexibility index (Phi) is 9.29. The Morgan fingerprint density at radius 3 is 2.51 bits per heavy atom. The molecule has 1 fully saturated rings. The summed E-state index contributed by atoms with van der Waals surface area (Å²) in [7, 11) is 2.99. The number of methoxy groups -OCH3 is 2. The maximum atomic E-state index is 12.6. The average Bonchev–Trinajstić information content (AvgIpc) is 3.40. The number of esters is 1. The summed E-state index contributed by atoms with van der Waals surface area (Å²) in [4.78, 5) is 29.1. The van der Waals surface area contributed by atoms with Crippen LogP contribution in [0.1, 0.15) is 50.4 Å². The van der Waals surface area contributed by atoms with Crippen LogP contribution in [-0.2, 0) is 16.0 Å². The third kappa shape index (κ3) is 6.27. The number of dihydropyridines is 1. The minimum Gasteiger partial charge on any atom is -0.495 e. The maximum Gasteiger partial charge on any atom is 0.336 e. The molecule has 1 atom stereocenters. The van der Waals surface area contributed by atoms with E-state index in [1.54, 1.807) is 33.3 Å². The van der Waals surface area contributed by atoms with Gasteiger partial charge in [-0.25, -0.2) is 4.79 Å². The van der Waals surface area contributed by atoms with Crippen LogP contribution < -0.4 is 15.0 Å². The lowest BCUT2D eigenvalue weighted by Gasteiger charge is -2.36. The second kappa shape index (κ2) is 12.8. The number of hydrogen-bond acceptors (Lipinski definition) is 9. The second-order valence-corrected chi connectivity index (χ2v) is 9.97. The molecular weight excluding hydrogens is 500 g/mol. The summed E-state index contributed by atoms with van der Waals surface area (Å²) < 4.78 is 16.3. The van der Waals surface area contributed by atoms with Crippen molar-refractivity contribution in [1.29, 1.82) is 0 Å². The van der Waals surface area contributed by atoms with Crippen LogP contribution in [0, 0.1) is 10.1 Å².